The summed E-state index contributed by atoms with van der Waals surface area (Å²) < 4.78 is 62.9. The van der Waals surface area contributed by atoms with E-state index < -0.39 is 51.2 Å². The van der Waals surface area contributed by atoms with Crippen LogP contribution in [0.3, 0.4) is 0 Å². The largest absolute Gasteiger partial charge is 0.481 e. The Kier molecular flexibility index (Phi) is 4.80. The summed E-state index contributed by atoms with van der Waals surface area (Å²) in [6.07, 6.45) is -5.49. The molecule has 0 saturated heterocycles. The maximum atomic E-state index is 12.7. The van der Waals surface area contributed by atoms with Gasteiger partial charge in [0.1, 0.15) is 0 Å². The Morgan fingerprint density at radius 1 is 1.38 bits per heavy atom. The molecule has 114 valence electrons. The summed E-state index contributed by atoms with van der Waals surface area (Å²) in [5.41, 5.74) is -2.31. The van der Waals surface area contributed by atoms with Crippen molar-refractivity contribution in [2.24, 2.45) is 0 Å². The smallest absolute Gasteiger partial charge is 0.417 e. The van der Waals surface area contributed by atoms with Crippen LogP contribution in [0, 0.1) is 11.3 Å². The number of nitrogens with zero attached hydrogens (tertiary/aromatic N) is 1. The first-order valence-electron chi connectivity index (χ1n) is 5.39. The maximum Gasteiger partial charge on any atom is 0.417 e. The van der Waals surface area contributed by atoms with Crippen molar-refractivity contribution in [2.75, 3.05) is 10.5 Å². The van der Waals surface area contributed by atoms with Crippen LogP contribution < -0.4 is 4.72 Å². The first kappa shape index (κ1) is 16.8. The highest BCUT2D eigenvalue weighted by Crippen LogP contribution is 2.33. The lowest BCUT2D eigenvalue weighted by molar-refractivity contribution is -0.138. The lowest BCUT2D eigenvalue weighted by Gasteiger charge is -2.12. The molecule has 2 N–H and O–H groups in total. The van der Waals surface area contributed by atoms with Crippen LogP contribution >= 0.6 is 0 Å². The SMILES string of the molecule is N#Cc1ccc(NS(=O)(=O)CCC(=O)O)cc1C(F)(F)F. The van der Waals surface area contributed by atoms with E-state index in [4.69, 9.17) is 10.4 Å². The van der Waals surface area contributed by atoms with Crippen molar-refractivity contribution in [3.63, 3.8) is 0 Å². The van der Waals surface area contributed by atoms with E-state index in [-0.39, 0.29) is 0 Å². The predicted octanol–water partition coefficient (Wildman–Crippen LogP) is 1.79. The first-order chi connectivity index (χ1) is 9.55. The number of halogens is 3. The molecule has 0 atom stereocenters. The third-order valence-electron chi connectivity index (χ3n) is 2.30. The van der Waals surface area contributed by atoms with Crippen LogP contribution in [0.1, 0.15) is 17.5 Å². The molecule has 0 saturated carbocycles. The molecule has 0 unspecified atom stereocenters. The minimum absolute atomic E-state index is 0.397. The summed E-state index contributed by atoms with van der Waals surface area (Å²) in [6.45, 7) is 0. The van der Waals surface area contributed by atoms with E-state index in [1.807, 2.05) is 4.72 Å². The highest BCUT2D eigenvalue weighted by Gasteiger charge is 2.34. The zero-order chi connectivity index (χ0) is 16.3. The molecule has 21 heavy (non-hydrogen) atoms. The van der Waals surface area contributed by atoms with Crippen LogP contribution in [0.4, 0.5) is 18.9 Å². The number of carbonyl (C=O) groups is 1. The van der Waals surface area contributed by atoms with E-state index in [2.05, 4.69) is 0 Å². The quantitative estimate of drug-likeness (QED) is 0.859. The lowest BCUT2D eigenvalue weighted by atomic mass is 10.1. The predicted molar refractivity (Wildman–Crippen MR) is 65.8 cm³/mol. The van der Waals surface area contributed by atoms with Gasteiger partial charge in [0.2, 0.25) is 10.0 Å². The number of sulfonamides is 1. The average molecular weight is 322 g/mol. The van der Waals surface area contributed by atoms with Crippen molar-refractivity contribution < 1.29 is 31.5 Å². The summed E-state index contributed by atoms with van der Waals surface area (Å²) in [4.78, 5) is 10.3. The molecule has 1 aromatic carbocycles. The Morgan fingerprint density at radius 3 is 2.48 bits per heavy atom. The molecule has 1 aromatic rings. The highest BCUT2D eigenvalue weighted by atomic mass is 32.2. The van der Waals surface area contributed by atoms with Gasteiger partial charge in [0.25, 0.3) is 0 Å². The molecule has 0 aliphatic carbocycles. The Balaban J connectivity index is 3.06. The first-order valence-corrected chi connectivity index (χ1v) is 7.04. The van der Waals surface area contributed by atoms with Gasteiger partial charge in [0, 0.05) is 5.69 Å². The van der Waals surface area contributed by atoms with Crippen molar-refractivity contribution in [3.8, 4) is 6.07 Å². The number of hydrogen-bond acceptors (Lipinski definition) is 4. The van der Waals surface area contributed by atoms with Crippen LogP contribution in [0.15, 0.2) is 18.2 Å². The van der Waals surface area contributed by atoms with Crippen molar-refractivity contribution in [3.05, 3.63) is 29.3 Å². The van der Waals surface area contributed by atoms with Gasteiger partial charge in [0.15, 0.2) is 0 Å². The molecule has 0 radical (unpaired) electrons. The molecule has 0 fully saturated rings. The molecule has 1 rings (SSSR count). The van der Waals surface area contributed by atoms with Crippen LogP contribution in [0.2, 0.25) is 0 Å². The van der Waals surface area contributed by atoms with Crippen LogP contribution in [-0.4, -0.2) is 25.2 Å². The topological polar surface area (TPSA) is 107 Å². The number of nitriles is 1. The summed E-state index contributed by atoms with van der Waals surface area (Å²) in [7, 11) is -4.09. The number of benzene rings is 1. The van der Waals surface area contributed by atoms with Crippen molar-refractivity contribution in [2.45, 2.75) is 12.6 Å². The minimum Gasteiger partial charge on any atom is -0.481 e. The molecule has 0 bridgehead atoms. The average Bonchev–Trinajstić information content (AvgIpc) is 2.35. The van der Waals surface area contributed by atoms with Crippen molar-refractivity contribution >= 4 is 21.7 Å². The molecule has 0 aliphatic rings. The van der Waals surface area contributed by atoms with E-state index >= 15 is 0 Å². The maximum absolute atomic E-state index is 12.7. The number of hydrogen-bond donors (Lipinski definition) is 2. The van der Waals surface area contributed by atoms with Crippen LogP contribution in [-0.2, 0) is 21.0 Å². The molecule has 10 heteroatoms. The van der Waals surface area contributed by atoms with Crippen molar-refractivity contribution in [1.82, 2.24) is 0 Å². The van der Waals surface area contributed by atoms with E-state index in [1.165, 1.54) is 6.07 Å². The number of aliphatic carboxylic acids is 1. The molecular formula is C11H9F3N2O4S. The molecule has 0 aliphatic heterocycles. The monoisotopic (exact) mass is 322 g/mol. The number of carboxylic acids is 1. The van der Waals surface area contributed by atoms with Gasteiger partial charge < -0.3 is 5.11 Å². The second-order valence-electron chi connectivity index (χ2n) is 3.93. The third-order valence-corrected chi connectivity index (χ3v) is 3.59. The number of carboxylic acid groups (broad SMARTS) is 1. The van der Waals surface area contributed by atoms with E-state index in [0.717, 1.165) is 12.1 Å². The van der Waals surface area contributed by atoms with E-state index in [9.17, 15) is 26.4 Å². The zero-order valence-corrected chi connectivity index (χ0v) is 11.1. The van der Waals surface area contributed by atoms with Gasteiger partial charge in [-0.3, -0.25) is 9.52 Å². The molecule has 0 heterocycles. The summed E-state index contributed by atoms with van der Waals surface area (Å²) in [6, 6.07) is 3.66. The lowest BCUT2D eigenvalue weighted by Crippen LogP contribution is -2.19. The number of anilines is 1. The standard InChI is InChI=1S/C11H9F3N2O4S/c12-11(13,14)9-5-8(2-1-7(9)6-15)16-21(19,20)4-3-10(17)18/h1-2,5,16H,3-4H2,(H,17,18). The fraction of sp³-hybridized carbons (Fsp3) is 0.273. The number of alkyl halides is 3. The Morgan fingerprint density at radius 2 is 2.00 bits per heavy atom. The van der Waals surface area contributed by atoms with E-state index in [1.54, 1.807) is 0 Å². The van der Waals surface area contributed by atoms with Crippen LogP contribution in [0.25, 0.3) is 0 Å². The molecule has 0 spiro atoms. The second kappa shape index (κ2) is 6.01. The van der Waals surface area contributed by atoms with Crippen LogP contribution in [0.5, 0.6) is 0 Å². The summed E-state index contributed by atoms with van der Waals surface area (Å²) in [5.74, 6) is -2.12. The van der Waals surface area contributed by atoms with Crippen molar-refractivity contribution in [1.29, 1.82) is 5.26 Å². The van der Waals surface area contributed by atoms with Gasteiger partial charge in [-0.2, -0.15) is 18.4 Å². The second-order valence-corrected chi connectivity index (χ2v) is 5.78. The third kappa shape index (κ3) is 4.96. The van der Waals surface area contributed by atoms with Gasteiger partial charge in [-0.25, -0.2) is 8.42 Å². The fourth-order valence-corrected chi connectivity index (χ4v) is 2.42. The van der Waals surface area contributed by atoms with Gasteiger partial charge in [-0.1, -0.05) is 0 Å². The number of nitrogens with one attached hydrogen (secondary N) is 1. The Hall–Kier alpha value is -2.28. The minimum atomic E-state index is -4.81. The molecule has 0 amide bonds. The fourth-order valence-electron chi connectivity index (χ4n) is 1.39. The summed E-state index contributed by atoms with van der Waals surface area (Å²) >= 11 is 0. The van der Waals surface area contributed by atoms with Gasteiger partial charge >= 0.3 is 12.1 Å². The normalized spacial score (nSPS) is 11.7. The van der Waals surface area contributed by atoms with Gasteiger partial charge in [-0.15, -0.1) is 0 Å². The number of rotatable bonds is 5. The summed E-state index contributed by atoms with van der Waals surface area (Å²) in [5, 5.41) is 17.0. The highest BCUT2D eigenvalue weighted by molar-refractivity contribution is 7.92. The Labute approximate surface area is 117 Å². The van der Waals surface area contributed by atoms with E-state index in [0.29, 0.717) is 6.07 Å². The Bertz CT molecular complexity index is 692. The zero-order valence-electron chi connectivity index (χ0n) is 10.3. The molecular weight excluding hydrogens is 313 g/mol. The van der Waals surface area contributed by atoms with Gasteiger partial charge in [0.05, 0.1) is 29.4 Å². The molecule has 6 nitrogen and oxygen atoms in total. The van der Waals surface area contributed by atoms with Gasteiger partial charge in [-0.05, 0) is 18.2 Å². The molecule has 0 aromatic heterocycles.